The molecular formula is C12H14BrN3O. The summed E-state index contributed by atoms with van der Waals surface area (Å²) < 4.78 is 0.840. The van der Waals surface area contributed by atoms with Crippen LogP contribution in [0.4, 0.5) is 5.69 Å². The van der Waals surface area contributed by atoms with Gasteiger partial charge in [0.15, 0.2) is 0 Å². The van der Waals surface area contributed by atoms with Gasteiger partial charge in [-0.05, 0) is 32.0 Å². The minimum atomic E-state index is -0.481. The average molecular weight is 296 g/mol. The molecule has 1 aromatic rings. The van der Waals surface area contributed by atoms with E-state index in [1.165, 1.54) is 0 Å². The minimum absolute atomic E-state index is 0.202. The number of nitriles is 1. The maximum absolute atomic E-state index is 10.9. The van der Waals surface area contributed by atoms with Crippen molar-refractivity contribution in [2.24, 2.45) is 5.73 Å². The number of anilines is 1. The summed E-state index contributed by atoms with van der Waals surface area (Å²) in [4.78, 5) is 10.9. The normalized spacial score (nSPS) is 10.7. The molecule has 5 heteroatoms. The number of carbonyl (C=O) groups is 1. The lowest BCUT2D eigenvalue weighted by Gasteiger charge is -2.26. The molecule has 0 spiro atoms. The van der Waals surface area contributed by atoms with Crippen LogP contribution in [-0.2, 0) is 4.79 Å². The standard InChI is InChI=1S/C12H14BrN3O/c1-12(2,6-11(15)17)16-10-4-3-9(13)5-8(10)7-14/h3-5,16H,6H2,1-2H3,(H2,15,17). The van der Waals surface area contributed by atoms with E-state index in [1.807, 2.05) is 19.9 Å². The summed E-state index contributed by atoms with van der Waals surface area (Å²) in [6.45, 7) is 3.72. The largest absolute Gasteiger partial charge is 0.379 e. The summed E-state index contributed by atoms with van der Waals surface area (Å²) in [6, 6.07) is 7.46. The Labute approximate surface area is 109 Å². The average Bonchev–Trinajstić information content (AvgIpc) is 2.18. The van der Waals surface area contributed by atoms with Crippen molar-refractivity contribution in [3.05, 3.63) is 28.2 Å². The molecule has 0 saturated heterocycles. The number of nitrogens with zero attached hydrogens (tertiary/aromatic N) is 1. The van der Waals surface area contributed by atoms with Crippen LogP contribution in [0.3, 0.4) is 0 Å². The highest BCUT2D eigenvalue weighted by Gasteiger charge is 2.21. The molecular weight excluding hydrogens is 282 g/mol. The molecule has 0 heterocycles. The van der Waals surface area contributed by atoms with Gasteiger partial charge in [0, 0.05) is 16.4 Å². The fourth-order valence-electron chi connectivity index (χ4n) is 1.56. The van der Waals surface area contributed by atoms with Gasteiger partial charge in [0.1, 0.15) is 6.07 Å². The fourth-order valence-corrected chi connectivity index (χ4v) is 1.92. The molecule has 0 aliphatic rings. The molecule has 0 aliphatic heterocycles. The minimum Gasteiger partial charge on any atom is -0.379 e. The number of nitrogens with two attached hydrogens (primary N) is 1. The molecule has 0 bridgehead atoms. The third kappa shape index (κ3) is 4.08. The highest BCUT2D eigenvalue weighted by atomic mass is 79.9. The van der Waals surface area contributed by atoms with Crippen molar-refractivity contribution >= 4 is 27.5 Å². The van der Waals surface area contributed by atoms with Crippen LogP contribution in [0.15, 0.2) is 22.7 Å². The number of hydrogen-bond donors (Lipinski definition) is 2. The van der Waals surface area contributed by atoms with Crippen molar-refractivity contribution in [2.75, 3.05) is 5.32 Å². The van der Waals surface area contributed by atoms with E-state index >= 15 is 0 Å². The van der Waals surface area contributed by atoms with Crippen molar-refractivity contribution in [1.82, 2.24) is 0 Å². The van der Waals surface area contributed by atoms with E-state index in [1.54, 1.807) is 12.1 Å². The molecule has 0 aromatic heterocycles. The van der Waals surface area contributed by atoms with Crippen molar-refractivity contribution in [3.63, 3.8) is 0 Å². The summed E-state index contributed by atoms with van der Waals surface area (Å²) in [5.74, 6) is -0.377. The molecule has 1 rings (SSSR count). The van der Waals surface area contributed by atoms with Gasteiger partial charge in [-0.2, -0.15) is 5.26 Å². The van der Waals surface area contributed by atoms with Crippen LogP contribution in [0.25, 0.3) is 0 Å². The smallest absolute Gasteiger partial charge is 0.219 e. The zero-order chi connectivity index (χ0) is 13.1. The van der Waals surface area contributed by atoms with Crippen molar-refractivity contribution < 1.29 is 4.79 Å². The van der Waals surface area contributed by atoms with Crippen LogP contribution in [0.5, 0.6) is 0 Å². The first-order chi connectivity index (χ1) is 7.84. The SMILES string of the molecule is CC(C)(CC(N)=O)Nc1ccc(Br)cc1C#N. The molecule has 3 N–H and O–H groups in total. The van der Waals surface area contributed by atoms with Crippen molar-refractivity contribution in [2.45, 2.75) is 25.8 Å². The van der Waals surface area contributed by atoms with E-state index in [0.29, 0.717) is 11.3 Å². The first kappa shape index (κ1) is 13.5. The molecule has 0 atom stereocenters. The lowest BCUT2D eigenvalue weighted by atomic mass is 9.99. The molecule has 1 aromatic carbocycles. The molecule has 90 valence electrons. The van der Waals surface area contributed by atoms with Gasteiger partial charge in [0.25, 0.3) is 0 Å². The second-order valence-electron chi connectivity index (χ2n) is 4.45. The summed E-state index contributed by atoms with van der Waals surface area (Å²) in [5.41, 5.74) is 5.92. The van der Waals surface area contributed by atoms with Crippen LogP contribution in [0.2, 0.25) is 0 Å². The molecule has 1 amide bonds. The predicted octanol–water partition coefficient (Wildman–Crippen LogP) is 2.39. The van der Waals surface area contributed by atoms with Gasteiger partial charge in [-0.1, -0.05) is 15.9 Å². The maximum Gasteiger partial charge on any atom is 0.219 e. The third-order valence-corrected chi connectivity index (χ3v) is 2.68. The monoisotopic (exact) mass is 295 g/mol. The van der Waals surface area contributed by atoms with Crippen molar-refractivity contribution in [1.29, 1.82) is 5.26 Å². The van der Waals surface area contributed by atoms with E-state index in [9.17, 15) is 4.79 Å². The Morgan fingerprint density at radius 2 is 2.24 bits per heavy atom. The van der Waals surface area contributed by atoms with Gasteiger partial charge in [0.05, 0.1) is 11.3 Å². The van der Waals surface area contributed by atoms with Crippen LogP contribution in [0, 0.1) is 11.3 Å². The Balaban J connectivity index is 2.95. The number of nitrogens with one attached hydrogen (secondary N) is 1. The van der Waals surface area contributed by atoms with E-state index < -0.39 is 5.54 Å². The van der Waals surface area contributed by atoms with Gasteiger partial charge in [-0.3, -0.25) is 4.79 Å². The Morgan fingerprint density at radius 3 is 2.76 bits per heavy atom. The van der Waals surface area contributed by atoms with Gasteiger partial charge in [0.2, 0.25) is 5.91 Å². The van der Waals surface area contributed by atoms with Crippen LogP contribution in [0.1, 0.15) is 25.8 Å². The van der Waals surface area contributed by atoms with Gasteiger partial charge in [-0.25, -0.2) is 0 Å². The van der Waals surface area contributed by atoms with E-state index in [0.717, 1.165) is 4.47 Å². The first-order valence-corrected chi connectivity index (χ1v) is 5.89. The van der Waals surface area contributed by atoms with E-state index in [-0.39, 0.29) is 12.3 Å². The Morgan fingerprint density at radius 1 is 1.59 bits per heavy atom. The summed E-state index contributed by atoms with van der Waals surface area (Å²) >= 11 is 3.30. The number of benzene rings is 1. The molecule has 4 nitrogen and oxygen atoms in total. The molecule has 0 saturated carbocycles. The summed E-state index contributed by atoms with van der Waals surface area (Å²) in [6.07, 6.45) is 0.202. The van der Waals surface area contributed by atoms with Gasteiger partial charge in [-0.15, -0.1) is 0 Å². The maximum atomic E-state index is 10.9. The number of carbonyl (C=O) groups excluding carboxylic acids is 1. The van der Waals surface area contributed by atoms with Crippen LogP contribution < -0.4 is 11.1 Å². The molecule has 0 aliphatic carbocycles. The molecule has 0 unspecified atom stereocenters. The highest BCUT2D eigenvalue weighted by Crippen LogP contribution is 2.24. The number of rotatable bonds is 4. The fraction of sp³-hybridized carbons (Fsp3) is 0.333. The number of amides is 1. The molecule has 0 radical (unpaired) electrons. The highest BCUT2D eigenvalue weighted by molar-refractivity contribution is 9.10. The quantitative estimate of drug-likeness (QED) is 0.895. The third-order valence-electron chi connectivity index (χ3n) is 2.19. The van der Waals surface area contributed by atoms with E-state index in [4.69, 9.17) is 11.0 Å². The lowest BCUT2D eigenvalue weighted by Crippen LogP contribution is -2.36. The van der Waals surface area contributed by atoms with Crippen LogP contribution in [-0.4, -0.2) is 11.4 Å². The number of hydrogen-bond acceptors (Lipinski definition) is 3. The van der Waals surface area contributed by atoms with Gasteiger partial charge < -0.3 is 11.1 Å². The molecule has 0 fully saturated rings. The zero-order valence-corrected chi connectivity index (χ0v) is 11.3. The predicted molar refractivity (Wildman–Crippen MR) is 70.4 cm³/mol. The number of halogens is 1. The zero-order valence-electron chi connectivity index (χ0n) is 9.75. The second kappa shape index (κ2) is 5.19. The second-order valence-corrected chi connectivity index (χ2v) is 5.37. The summed E-state index contributed by atoms with van der Waals surface area (Å²) in [5, 5.41) is 12.2. The molecule has 17 heavy (non-hydrogen) atoms. The topological polar surface area (TPSA) is 78.9 Å². The lowest BCUT2D eigenvalue weighted by molar-refractivity contribution is -0.118. The Kier molecular flexibility index (Phi) is 4.13. The van der Waals surface area contributed by atoms with Gasteiger partial charge >= 0.3 is 0 Å². The summed E-state index contributed by atoms with van der Waals surface area (Å²) in [7, 11) is 0. The van der Waals surface area contributed by atoms with E-state index in [2.05, 4.69) is 27.3 Å². The van der Waals surface area contributed by atoms with Crippen LogP contribution >= 0.6 is 15.9 Å². The number of primary amides is 1. The Hall–Kier alpha value is -1.54. The van der Waals surface area contributed by atoms with Crippen molar-refractivity contribution in [3.8, 4) is 6.07 Å². The Bertz CT molecular complexity index is 477. The first-order valence-electron chi connectivity index (χ1n) is 5.10.